The van der Waals surface area contributed by atoms with Crippen LogP contribution in [0, 0.1) is 0 Å². The van der Waals surface area contributed by atoms with Crippen LogP contribution in [0.5, 0.6) is 0 Å². The number of rotatable bonds is 5. The second kappa shape index (κ2) is 5.79. The summed E-state index contributed by atoms with van der Waals surface area (Å²) in [4.78, 5) is 10.3. The molecule has 0 saturated heterocycles. The van der Waals surface area contributed by atoms with E-state index in [1.165, 1.54) is 0 Å². The van der Waals surface area contributed by atoms with Crippen molar-refractivity contribution < 1.29 is 4.21 Å². The Labute approximate surface area is 98.7 Å². The van der Waals surface area contributed by atoms with E-state index < -0.39 is 10.8 Å². The fourth-order valence-electron chi connectivity index (χ4n) is 1.29. The second-order valence-electron chi connectivity index (χ2n) is 3.92. The van der Waals surface area contributed by atoms with Gasteiger partial charge in [0.2, 0.25) is 5.95 Å². The van der Waals surface area contributed by atoms with E-state index >= 15 is 0 Å². The topological polar surface area (TPSA) is 58.1 Å². The number of nitrogens with one attached hydrogen (secondary N) is 1. The van der Waals surface area contributed by atoms with Crippen molar-refractivity contribution in [1.82, 2.24) is 9.97 Å². The van der Waals surface area contributed by atoms with Crippen LogP contribution in [-0.4, -0.2) is 46.3 Å². The Hall–Kier alpha value is -1.17. The molecule has 0 spiro atoms. The van der Waals surface area contributed by atoms with Crippen LogP contribution in [0.25, 0.3) is 0 Å². The molecule has 1 aromatic rings. The van der Waals surface area contributed by atoms with Crippen LogP contribution >= 0.6 is 0 Å². The summed E-state index contributed by atoms with van der Waals surface area (Å²) in [5.74, 6) is 2.04. The molecular weight excluding hydrogens is 224 g/mol. The molecule has 6 heteroatoms. The lowest BCUT2D eigenvalue weighted by Crippen LogP contribution is -2.23. The minimum atomic E-state index is -0.800. The van der Waals surface area contributed by atoms with Crippen LogP contribution < -0.4 is 10.2 Å². The van der Waals surface area contributed by atoms with E-state index in [1.54, 1.807) is 12.5 Å². The zero-order chi connectivity index (χ0) is 12.1. The molecule has 0 radical (unpaired) electrons. The van der Waals surface area contributed by atoms with Crippen molar-refractivity contribution in [2.75, 3.05) is 36.3 Å². The summed E-state index contributed by atoms with van der Waals surface area (Å²) >= 11 is 0. The van der Waals surface area contributed by atoms with E-state index in [2.05, 4.69) is 15.3 Å². The van der Waals surface area contributed by atoms with Crippen LogP contribution in [0.1, 0.15) is 6.92 Å². The van der Waals surface area contributed by atoms with Gasteiger partial charge in [0.05, 0.1) is 0 Å². The Morgan fingerprint density at radius 1 is 1.56 bits per heavy atom. The summed E-state index contributed by atoms with van der Waals surface area (Å²) in [6, 6.07) is 1.94. The third-order valence-corrected chi connectivity index (χ3v) is 2.89. The van der Waals surface area contributed by atoms with Crippen LogP contribution in [0.3, 0.4) is 0 Å². The molecule has 0 fully saturated rings. The van der Waals surface area contributed by atoms with Gasteiger partial charge in [-0.3, -0.25) is 4.21 Å². The summed E-state index contributed by atoms with van der Waals surface area (Å²) in [5.41, 5.74) is 0. The van der Waals surface area contributed by atoms with Crippen molar-refractivity contribution in [2.45, 2.75) is 13.0 Å². The average Bonchev–Trinajstić information content (AvgIpc) is 2.16. The van der Waals surface area contributed by atoms with E-state index in [-0.39, 0.29) is 6.04 Å². The SMILES string of the molecule is CC(CS(C)=O)Nc1ccnc(N(C)C)n1. The first-order valence-electron chi connectivity index (χ1n) is 5.06. The van der Waals surface area contributed by atoms with Crippen molar-refractivity contribution in [3.05, 3.63) is 12.3 Å². The molecule has 16 heavy (non-hydrogen) atoms. The van der Waals surface area contributed by atoms with Gasteiger partial charge in [-0.1, -0.05) is 0 Å². The monoisotopic (exact) mass is 242 g/mol. The van der Waals surface area contributed by atoms with E-state index in [1.807, 2.05) is 32.0 Å². The smallest absolute Gasteiger partial charge is 0.226 e. The van der Waals surface area contributed by atoms with Gasteiger partial charge in [-0.25, -0.2) is 4.98 Å². The first-order chi connectivity index (χ1) is 7.49. The fraction of sp³-hybridized carbons (Fsp3) is 0.600. The van der Waals surface area contributed by atoms with E-state index in [0.29, 0.717) is 11.7 Å². The van der Waals surface area contributed by atoms with Crippen LogP contribution in [-0.2, 0) is 10.8 Å². The number of aromatic nitrogens is 2. The molecule has 0 aliphatic rings. The lowest BCUT2D eigenvalue weighted by molar-refractivity contribution is 0.683. The maximum atomic E-state index is 11.0. The highest BCUT2D eigenvalue weighted by Gasteiger charge is 2.06. The fourth-order valence-corrected chi connectivity index (χ4v) is 2.08. The maximum Gasteiger partial charge on any atom is 0.226 e. The molecule has 0 amide bonds. The van der Waals surface area contributed by atoms with Gasteiger partial charge in [0.1, 0.15) is 5.82 Å². The Balaban J connectivity index is 2.66. The maximum absolute atomic E-state index is 11.0. The van der Waals surface area contributed by atoms with Gasteiger partial charge in [-0.05, 0) is 13.0 Å². The first kappa shape index (κ1) is 12.9. The van der Waals surface area contributed by atoms with Crippen molar-refractivity contribution >= 4 is 22.6 Å². The number of anilines is 2. The number of nitrogens with zero attached hydrogens (tertiary/aromatic N) is 3. The lowest BCUT2D eigenvalue weighted by Gasteiger charge is -2.15. The highest BCUT2D eigenvalue weighted by Crippen LogP contribution is 2.09. The Morgan fingerprint density at radius 3 is 2.81 bits per heavy atom. The molecule has 1 aromatic heterocycles. The molecule has 0 aliphatic carbocycles. The molecule has 0 saturated carbocycles. The predicted octanol–water partition coefficient (Wildman–Crippen LogP) is 0.721. The van der Waals surface area contributed by atoms with Crippen molar-refractivity contribution in [1.29, 1.82) is 0 Å². The molecule has 0 bridgehead atoms. The van der Waals surface area contributed by atoms with Crippen molar-refractivity contribution in [3.63, 3.8) is 0 Å². The van der Waals surface area contributed by atoms with Crippen LogP contribution in [0.2, 0.25) is 0 Å². The normalized spacial score (nSPS) is 14.2. The van der Waals surface area contributed by atoms with Crippen LogP contribution in [0.4, 0.5) is 11.8 Å². The van der Waals surface area contributed by atoms with E-state index in [9.17, 15) is 4.21 Å². The quantitative estimate of drug-likeness (QED) is 0.824. The van der Waals surface area contributed by atoms with E-state index in [4.69, 9.17) is 0 Å². The molecule has 1 heterocycles. The molecule has 1 N–H and O–H groups in total. The van der Waals surface area contributed by atoms with Crippen molar-refractivity contribution in [2.24, 2.45) is 0 Å². The summed E-state index contributed by atoms with van der Waals surface area (Å²) in [5, 5.41) is 3.20. The standard InChI is InChI=1S/C10H18N4OS/c1-8(7-16(4)15)12-9-5-6-11-10(13-9)14(2)3/h5-6,8H,7H2,1-4H3,(H,11,12,13). The molecule has 2 unspecified atom stereocenters. The van der Waals surface area contributed by atoms with Gasteiger partial charge in [0.25, 0.3) is 0 Å². The van der Waals surface area contributed by atoms with Crippen LogP contribution in [0.15, 0.2) is 12.3 Å². The molecule has 5 nitrogen and oxygen atoms in total. The van der Waals surface area contributed by atoms with Gasteiger partial charge in [-0.2, -0.15) is 4.98 Å². The lowest BCUT2D eigenvalue weighted by atomic mass is 10.4. The second-order valence-corrected chi connectivity index (χ2v) is 5.40. The minimum Gasteiger partial charge on any atom is -0.367 e. The predicted molar refractivity (Wildman–Crippen MR) is 68.4 cm³/mol. The average molecular weight is 242 g/mol. The summed E-state index contributed by atoms with van der Waals surface area (Å²) in [6.45, 7) is 1.98. The summed E-state index contributed by atoms with van der Waals surface area (Å²) < 4.78 is 11.0. The third-order valence-electron chi connectivity index (χ3n) is 1.92. The van der Waals surface area contributed by atoms with Gasteiger partial charge in [-0.15, -0.1) is 0 Å². The van der Waals surface area contributed by atoms with Gasteiger partial charge in [0, 0.05) is 49.1 Å². The number of hydrogen-bond donors (Lipinski definition) is 1. The summed E-state index contributed by atoms with van der Waals surface area (Å²) in [7, 11) is 2.99. The molecule has 90 valence electrons. The molecule has 2 atom stereocenters. The molecular formula is C10H18N4OS. The molecule has 1 rings (SSSR count). The summed E-state index contributed by atoms with van der Waals surface area (Å²) in [6.07, 6.45) is 3.41. The Bertz CT molecular complexity index is 370. The van der Waals surface area contributed by atoms with E-state index in [0.717, 1.165) is 5.82 Å². The minimum absolute atomic E-state index is 0.135. The zero-order valence-corrected chi connectivity index (χ0v) is 10.9. The third kappa shape index (κ3) is 4.14. The van der Waals surface area contributed by atoms with Gasteiger partial charge < -0.3 is 10.2 Å². The Morgan fingerprint density at radius 2 is 2.25 bits per heavy atom. The van der Waals surface area contributed by atoms with Crippen molar-refractivity contribution in [3.8, 4) is 0 Å². The zero-order valence-electron chi connectivity index (χ0n) is 10.1. The Kier molecular flexibility index (Phi) is 4.67. The van der Waals surface area contributed by atoms with Gasteiger partial charge >= 0.3 is 0 Å². The largest absolute Gasteiger partial charge is 0.367 e. The first-order valence-corrected chi connectivity index (χ1v) is 6.78. The highest BCUT2D eigenvalue weighted by molar-refractivity contribution is 7.84. The van der Waals surface area contributed by atoms with Gasteiger partial charge in [0.15, 0.2) is 0 Å². The molecule has 0 aliphatic heterocycles. The molecule has 0 aromatic carbocycles. The highest BCUT2D eigenvalue weighted by atomic mass is 32.2. The number of hydrogen-bond acceptors (Lipinski definition) is 5.